The molecule has 3 heteroatoms. The lowest BCUT2D eigenvalue weighted by Gasteiger charge is -2.21. The fourth-order valence-electron chi connectivity index (χ4n) is 2.51. The first-order valence-corrected chi connectivity index (χ1v) is 8.60. The molecule has 0 saturated carbocycles. The van der Waals surface area contributed by atoms with Gasteiger partial charge in [0.2, 0.25) is 0 Å². The standard InChI is InChI=1S/C18H21BrClN/c1-3-5-13-6-8-14(9-7-13)18(21-4-2)16-12-15(19)10-11-17(16)20/h6-12,18,21H,3-5H2,1-2H3. The summed E-state index contributed by atoms with van der Waals surface area (Å²) < 4.78 is 1.05. The van der Waals surface area contributed by atoms with Gasteiger partial charge in [0.05, 0.1) is 6.04 Å². The number of benzene rings is 2. The third-order valence-corrected chi connectivity index (χ3v) is 4.37. The quantitative estimate of drug-likeness (QED) is 0.686. The molecular formula is C18H21BrClN. The van der Waals surface area contributed by atoms with Crippen molar-refractivity contribution in [2.45, 2.75) is 32.7 Å². The Bertz CT molecular complexity index is 580. The smallest absolute Gasteiger partial charge is 0.0591 e. The molecule has 0 bridgehead atoms. The first-order chi connectivity index (χ1) is 10.2. The van der Waals surface area contributed by atoms with E-state index < -0.39 is 0 Å². The fourth-order valence-corrected chi connectivity index (χ4v) is 3.12. The van der Waals surface area contributed by atoms with E-state index in [1.165, 1.54) is 17.5 Å². The topological polar surface area (TPSA) is 12.0 Å². The Balaban J connectivity index is 2.35. The highest BCUT2D eigenvalue weighted by molar-refractivity contribution is 9.10. The van der Waals surface area contributed by atoms with Gasteiger partial charge >= 0.3 is 0 Å². The lowest BCUT2D eigenvalue weighted by molar-refractivity contribution is 0.630. The number of hydrogen-bond donors (Lipinski definition) is 1. The van der Waals surface area contributed by atoms with E-state index in [2.05, 4.69) is 65.4 Å². The van der Waals surface area contributed by atoms with Gasteiger partial charge in [-0.25, -0.2) is 0 Å². The Morgan fingerprint density at radius 1 is 1.10 bits per heavy atom. The molecule has 0 aliphatic heterocycles. The summed E-state index contributed by atoms with van der Waals surface area (Å²) in [5.74, 6) is 0. The Morgan fingerprint density at radius 3 is 2.43 bits per heavy atom. The molecule has 0 aromatic heterocycles. The molecule has 2 rings (SSSR count). The normalized spacial score (nSPS) is 12.4. The summed E-state index contributed by atoms with van der Waals surface area (Å²) in [6.07, 6.45) is 2.30. The van der Waals surface area contributed by atoms with Gasteiger partial charge in [0.1, 0.15) is 0 Å². The van der Waals surface area contributed by atoms with Gasteiger partial charge in [-0.15, -0.1) is 0 Å². The molecule has 2 aromatic rings. The molecule has 0 aliphatic carbocycles. The number of aryl methyl sites for hydroxylation is 1. The summed E-state index contributed by atoms with van der Waals surface area (Å²) in [5, 5.41) is 4.32. The summed E-state index contributed by atoms with van der Waals surface area (Å²) >= 11 is 9.93. The van der Waals surface area contributed by atoms with Crippen LogP contribution in [0, 0.1) is 0 Å². The van der Waals surface area contributed by atoms with Crippen LogP contribution >= 0.6 is 27.5 Å². The van der Waals surface area contributed by atoms with Crippen molar-refractivity contribution in [1.82, 2.24) is 5.32 Å². The third-order valence-electron chi connectivity index (χ3n) is 3.53. The van der Waals surface area contributed by atoms with Crippen molar-refractivity contribution in [3.05, 3.63) is 68.7 Å². The lowest BCUT2D eigenvalue weighted by Crippen LogP contribution is -2.22. The van der Waals surface area contributed by atoms with Gasteiger partial charge in [0.15, 0.2) is 0 Å². The molecule has 112 valence electrons. The predicted molar refractivity (Wildman–Crippen MR) is 95.1 cm³/mol. The van der Waals surface area contributed by atoms with Gasteiger partial charge in [0, 0.05) is 9.50 Å². The second-order valence-electron chi connectivity index (χ2n) is 5.15. The molecule has 1 N–H and O–H groups in total. The number of hydrogen-bond acceptors (Lipinski definition) is 1. The summed E-state index contributed by atoms with van der Waals surface area (Å²) in [7, 11) is 0. The Labute approximate surface area is 140 Å². The van der Waals surface area contributed by atoms with Crippen molar-refractivity contribution in [3.8, 4) is 0 Å². The van der Waals surface area contributed by atoms with E-state index >= 15 is 0 Å². The van der Waals surface area contributed by atoms with Crippen LogP contribution in [-0.4, -0.2) is 6.54 Å². The van der Waals surface area contributed by atoms with E-state index in [4.69, 9.17) is 11.6 Å². The molecule has 1 unspecified atom stereocenters. The molecule has 0 aliphatic rings. The summed E-state index contributed by atoms with van der Waals surface area (Å²) in [5.41, 5.74) is 3.74. The van der Waals surface area contributed by atoms with Crippen LogP contribution in [0.15, 0.2) is 46.9 Å². The lowest BCUT2D eigenvalue weighted by atomic mass is 9.97. The second kappa shape index (κ2) is 7.98. The average Bonchev–Trinajstić information content (AvgIpc) is 2.49. The monoisotopic (exact) mass is 365 g/mol. The van der Waals surface area contributed by atoms with Crippen LogP contribution in [0.1, 0.15) is 43.0 Å². The van der Waals surface area contributed by atoms with Crippen molar-refractivity contribution in [2.24, 2.45) is 0 Å². The van der Waals surface area contributed by atoms with E-state index in [1.807, 2.05) is 12.1 Å². The molecule has 0 fully saturated rings. The number of halogens is 2. The van der Waals surface area contributed by atoms with E-state index in [1.54, 1.807) is 0 Å². The predicted octanol–water partition coefficient (Wildman–Crippen LogP) is 5.75. The van der Waals surface area contributed by atoms with E-state index in [-0.39, 0.29) is 6.04 Å². The first-order valence-electron chi connectivity index (χ1n) is 7.42. The fraction of sp³-hybridized carbons (Fsp3) is 0.333. The largest absolute Gasteiger partial charge is 0.306 e. The van der Waals surface area contributed by atoms with Crippen molar-refractivity contribution < 1.29 is 0 Å². The highest BCUT2D eigenvalue weighted by Gasteiger charge is 2.16. The maximum Gasteiger partial charge on any atom is 0.0591 e. The molecule has 0 radical (unpaired) electrons. The van der Waals surface area contributed by atoms with Gasteiger partial charge in [-0.3, -0.25) is 0 Å². The molecule has 21 heavy (non-hydrogen) atoms. The molecule has 0 saturated heterocycles. The zero-order valence-electron chi connectivity index (χ0n) is 12.5. The minimum absolute atomic E-state index is 0.121. The molecule has 0 amide bonds. The van der Waals surface area contributed by atoms with E-state index in [9.17, 15) is 0 Å². The summed E-state index contributed by atoms with van der Waals surface area (Å²) in [6, 6.07) is 15.0. The number of rotatable bonds is 6. The van der Waals surface area contributed by atoms with Gasteiger partial charge in [0.25, 0.3) is 0 Å². The molecule has 0 heterocycles. The van der Waals surface area contributed by atoms with Crippen LogP contribution < -0.4 is 5.32 Å². The van der Waals surface area contributed by atoms with Crippen LogP contribution in [-0.2, 0) is 6.42 Å². The number of nitrogens with one attached hydrogen (secondary N) is 1. The minimum Gasteiger partial charge on any atom is -0.306 e. The van der Waals surface area contributed by atoms with E-state index in [0.717, 1.165) is 28.0 Å². The summed E-state index contributed by atoms with van der Waals surface area (Å²) in [6.45, 7) is 5.21. The van der Waals surface area contributed by atoms with Crippen LogP contribution in [0.5, 0.6) is 0 Å². The summed E-state index contributed by atoms with van der Waals surface area (Å²) in [4.78, 5) is 0. The highest BCUT2D eigenvalue weighted by atomic mass is 79.9. The average molecular weight is 367 g/mol. The maximum atomic E-state index is 6.40. The molecule has 2 aromatic carbocycles. The van der Waals surface area contributed by atoms with Gasteiger partial charge < -0.3 is 5.32 Å². The van der Waals surface area contributed by atoms with Gasteiger partial charge in [-0.1, -0.05) is 72.1 Å². The van der Waals surface area contributed by atoms with Crippen molar-refractivity contribution in [2.75, 3.05) is 6.54 Å². The van der Waals surface area contributed by atoms with Crippen molar-refractivity contribution in [3.63, 3.8) is 0 Å². The van der Waals surface area contributed by atoms with Crippen LogP contribution in [0.4, 0.5) is 0 Å². The molecule has 1 nitrogen and oxygen atoms in total. The second-order valence-corrected chi connectivity index (χ2v) is 6.47. The molecular weight excluding hydrogens is 346 g/mol. The van der Waals surface area contributed by atoms with E-state index in [0.29, 0.717) is 0 Å². The first kappa shape index (κ1) is 16.5. The zero-order valence-corrected chi connectivity index (χ0v) is 14.8. The van der Waals surface area contributed by atoms with Crippen molar-refractivity contribution >= 4 is 27.5 Å². The molecule has 0 spiro atoms. The Morgan fingerprint density at radius 2 is 1.81 bits per heavy atom. The van der Waals surface area contributed by atoms with Gasteiger partial charge in [-0.05, 0) is 47.9 Å². The zero-order chi connectivity index (χ0) is 15.2. The van der Waals surface area contributed by atoms with Crippen LogP contribution in [0.3, 0.4) is 0 Å². The minimum atomic E-state index is 0.121. The Hall–Kier alpha value is -0.830. The Kier molecular flexibility index (Phi) is 6.28. The SMILES string of the molecule is CCCc1ccc(C(NCC)c2cc(Br)ccc2Cl)cc1. The third kappa shape index (κ3) is 4.32. The van der Waals surface area contributed by atoms with Crippen molar-refractivity contribution in [1.29, 1.82) is 0 Å². The maximum absolute atomic E-state index is 6.40. The highest BCUT2D eigenvalue weighted by Crippen LogP contribution is 2.31. The van der Waals surface area contributed by atoms with Gasteiger partial charge in [-0.2, -0.15) is 0 Å². The van der Waals surface area contributed by atoms with Crippen LogP contribution in [0.25, 0.3) is 0 Å². The van der Waals surface area contributed by atoms with Crippen LogP contribution in [0.2, 0.25) is 5.02 Å². The molecule has 1 atom stereocenters.